The lowest BCUT2D eigenvalue weighted by molar-refractivity contribution is -0.137. The molecule has 2 aromatic heterocycles. The summed E-state index contributed by atoms with van der Waals surface area (Å²) in [7, 11) is 0. The fourth-order valence-electron chi connectivity index (χ4n) is 3.71. The van der Waals surface area contributed by atoms with Crippen LogP contribution in [0.3, 0.4) is 0 Å². The lowest BCUT2D eigenvalue weighted by atomic mass is 10.0. The van der Waals surface area contributed by atoms with Crippen LogP contribution in [0, 0.1) is 0 Å². The van der Waals surface area contributed by atoms with Gasteiger partial charge in [-0.25, -0.2) is 19.7 Å². The van der Waals surface area contributed by atoms with Crippen molar-refractivity contribution in [3.05, 3.63) is 29.6 Å². The van der Waals surface area contributed by atoms with Gasteiger partial charge in [-0.2, -0.15) is 13.2 Å². The molecule has 0 radical (unpaired) electrons. The molecule has 2 aliphatic rings. The summed E-state index contributed by atoms with van der Waals surface area (Å²) >= 11 is 0. The number of aromatic nitrogens is 3. The topological polar surface area (TPSA) is 92.3 Å². The number of anilines is 2. The molecule has 4 heterocycles. The van der Waals surface area contributed by atoms with Crippen LogP contribution in [-0.2, 0) is 10.9 Å². The maximum Gasteiger partial charge on any atom is 0.416 e. The molecule has 2 aromatic rings. The van der Waals surface area contributed by atoms with Crippen LogP contribution in [0.25, 0.3) is 11.4 Å². The SMILES string of the molecule is CCC1OC(=O)Nc2ncnc(-c3cc(C(F)(F)F)cc(N4CCN[C@@H](C)C4)n3)c21. The number of alkyl halides is 3. The van der Waals surface area contributed by atoms with Gasteiger partial charge in [0.15, 0.2) is 0 Å². The normalized spacial score (nSPS) is 21.6. The maximum atomic E-state index is 13.7. The Kier molecular flexibility index (Phi) is 5.22. The highest BCUT2D eigenvalue weighted by Crippen LogP contribution is 2.39. The van der Waals surface area contributed by atoms with Gasteiger partial charge in [0.25, 0.3) is 0 Å². The van der Waals surface area contributed by atoms with Gasteiger partial charge in [-0.15, -0.1) is 0 Å². The molecule has 2 atom stereocenters. The van der Waals surface area contributed by atoms with E-state index in [0.29, 0.717) is 31.6 Å². The number of cyclic esters (lactones) is 1. The Morgan fingerprint density at radius 2 is 2.10 bits per heavy atom. The Morgan fingerprint density at radius 3 is 2.80 bits per heavy atom. The summed E-state index contributed by atoms with van der Waals surface area (Å²) in [4.78, 5) is 26.3. The van der Waals surface area contributed by atoms with Gasteiger partial charge in [-0.3, -0.25) is 5.32 Å². The molecule has 0 spiro atoms. The molecule has 11 heteroatoms. The number of hydrogen-bond acceptors (Lipinski definition) is 7. The van der Waals surface area contributed by atoms with Crippen molar-refractivity contribution in [3.63, 3.8) is 0 Å². The zero-order valence-electron chi connectivity index (χ0n) is 16.5. The van der Waals surface area contributed by atoms with Crippen LogP contribution in [-0.4, -0.2) is 46.7 Å². The standard InChI is InChI=1S/C19H21F3N6O2/c1-3-13-15-16(24-9-25-17(15)27-18(29)30-13)12-6-11(19(20,21)22)7-14(26-12)28-5-4-23-10(2)8-28/h6-7,9-10,13,23H,3-5,8H2,1-2H3,(H,24,25,27,29)/t10-,13?/m0/s1. The predicted octanol–water partition coefficient (Wildman–Crippen LogP) is 3.37. The number of nitrogens with one attached hydrogen (secondary N) is 2. The zero-order chi connectivity index (χ0) is 21.5. The largest absolute Gasteiger partial charge is 0.441 e. The van der Waals surface area contributed by atoms with E-state index in [-0.39, 0.29) is 29.1 Å². The number of nitrogens with zero attached hydrogens (tertiary/aromatic N) is 4. The van der Waals surface area contributed by atoms with Crippen LogP contribution in [0.5, 0.6) is 0 Å². The molecule has 8 nitrogen and oxygen atoms in total. The monoisotopic (exact) mass is 422 g/mol. The highest BCUT2D eigenvalue weighted by Gasteiger charge is 2.35. The Hall–Kier alpha value is -2.95. The first-order chi connectivity index (χ1) is 14.3. The fraction of sp³-hybridized carbons (Fsp3) is 0.474. The van der Waals surface area contributed by atoms with E-state index < -0.39 is 23.9 Å². The first kappa shape index (κ1) is 20.3. The number of halogens is 3. The van der Waals surface area contributed by atoms with Crippen molar-refractivity contribution in [1.82, 2.24) is 20.3 Å². The van der Waals surface area contributed by atoms with Crippen LogP contribution in [0.2, 0.25) is 0 Å². The summed E-state index contributed by atoms with van der Waals surface area (Å²) in [6.45, 7) is 5.49. The summed E-state index contributed by atoms with van der Waals surface area (Å²) in [5.41, 5.74) is -0.119. The van der Waals surface area contributed by atoms with E-state index in [4.69, 9.17) is 4.74 Å². The van der Waals surface area contributed by atoms with Crippen molar-refractivity contribution in [2.45, 2.75) is 38.6 Å². The first-order valence-corrected chi connectivity index (χ1v) is 9.66. The van der Waals surface area contributed by atoms with E-state index in [9.17, 15) is 18.0 Å². The van der Waals surface area contributed by atoms with Crippen molar-refractivity contribution >= 4 is 17.7 Å². The average Bonchev–Trinajstić information content (AvgIpc) is 2.71. The van der Waals surface area contributed by atoms with Crippen LogP contribution < -0.4 is 15.5 Å². The van der Waals surface area contributed by atoms with Gasteiger partial charge < -0.3 is 15.0 Å². The molecule has 0 bridgehead atoms. The zero-order valence-corrected chi connectivity index (χ0v) is 16.5. The van der Waals surface area contributed by atoms with E-state index in [1.807, 2.05) is 11.8 Å². The van der Waals surface area contributed by atoms with E-state index in [2.05, 4.69) is 25.6 Å². The lowest BCUT2D eigenvalue weighted by Crippen LogP contribution is -2.49. The Bertz CT molecular complexity index is 968. The van der Waals surface area contributed by atoms with E-state index >= 15 is 0 Å². The molecule has 1 amide bonds. The van der Waals surface area contributed by atoms with Gasteiger partial charge in [0, 0.05) is 25.7 Å². The number of ether oxygens (including phenoxy) is 1. The maximum absolute atomic E-state index is 13.7. The predicted molar refractivity (Wildman–Crippen MR) is 103 cm³/mol. The third-order valence-corrected chi connectivity index (χ3v) is 5.12. The second kappa shape index (κ2) is 7.71. The molecule has 160 valence electrons. The molecule has 0 aliphatic carbocycles. The fourth-order valence-corrected chi connectivity index (χ4v) is 3.71. The van der Waals surface area contributed by atoms with Crippen LogP contribution >= 0.6 is 0 Å². The molecule has 1 unspecified atom stereocenters. The highest BCUT2D eigenvalue weighted by molar-refractivity contribution is 5.88. The molecule has 0 aromatic carbocycles. The van der Waals surface area contributed by atoms with Gasteiger partial charge in [-0.05, 0) is 25.5 Å². The molecule has 4 rings (SSSR count). The minimum absolute atomic E-state index is 0.0582. The van der Waals surface area contributed by atoms with E-state index in [1.54, 1.807) is 6.92 Å². The Balaban J connectivity index is 1.86. The number of piperazine rings is 1. The second-order valence-corrected chi connectivity index (χ2v) is 7.31. The number of rotatable bonds is 3. The highest BCUT2D eigenvalue weighted by atomic mass is 19.4. The number of amides is 1. The summed E-state index contributed by atoms with van der Waals surface area (Å²) in [5.74, 6) is 0.453. The lowest BCUT2D eigenvalue weighted by Gasteiger charge is -2.33. The molecule has 2 aliphatic heterocycles. The third kappa shape index (κ3) is 3.89. The Morgan fingerprint density at radius 1 is 1.30 bits per heavy atom. The number of carbonyl (C=O) groups is 1. The second-order valence-electron chi connectivity index (χ2n) is 7.31. The molecule has 2 N–H and O–H groups in total. The third-order valence-electron chi connectivity index (χ3n) is 5.12. The van der Waals surface area contributed by atoms with Crippen LogP contribution in [0.15, 0.2) is 18.5 Å². The molecule has 30 heavy (non-hydrogen) atoms. The molecule has 0 saturated carbocycles. The molecule has 1 saturated heterocycles. The number of carbonyl (C=O) groups excluding carboxylic acids is 1. The van der Waals surface area contributed by atoms with Crippen molar-refractivity contribution in [1.29, 1.82) is 0 Å². The van der Waals surface area contributed by atoms with Crippen molar-refractivity contribution in [2.24, 2.45) is 0 Å². The van der Waals surface area contributed by atoms with E-state index in [0.717, 1.165) is 12.1 Å². The number of fused-ring (bicyclic) bond motifs is 1. The summed E-state index contributed by atoms with van der Waals surface area (Å²) in [6.07, 6.45) is -4.27. The minimum atomic E-state index is -4.55. The quantitative estimate of drug-likeness (QED) is 0.784. The Labute approximate surface area is 170 Å². The minimum Gasteiger partial charge on any atom is -0.441 e. The summed E-state index contributed by atoms with van der Waals surface area (Å²) < 4.78 is 46.3. The average molecular weight is 422 g/mol. The number of pyridine rings is 1. The molecule has 1 fully saturated rings. The first-order valence-electron chi connectivity index (χ1n) is 9.66. The van der Waals surface area contributed by atoms with Crippen LogP contribution in [0.4, 0.5) is 29.6 Å². The van der Waals surface area contributed by atoms with Crippen molar-refractivity contribution < 1.29 is 22.7 Å². The van der Waals surface area contributed by atoms with Crippen molar-refractivity contribution in [3.8, 4) is 11.4 Å². The molecular formula is C19H21F3N6O2. The molecular weight excluding hydrogens is 401 g/mol. The van der Waals surface area contributed by atoms with Gasteiger partial charge in [0.05, 0.1) is 16.8 Å². The van der Waals surface area contributed by atoms with Gasteiger partial charge in [0.2, 0.25) is 0 Å². The summed E-state index contributed by atoms with van der Waals surface area (Å²) in [5, 5.41) is 5.74. The van der Waals surface area contributed by atoms with Gasteiger partial charge in [-0.1, -0.05) is 6.92 Å². The summed E-state index contributed by atoms with van der Waals surface area (Å²) in [6, 6.07) is 2.16. The van der Waals surface area contributed by atoms with Gasteiger partial charge in [0.1, 0.15) is 29.8 Å². The van der Waals surface area contributed by atoms with Crippen LogP contribution in [0.1, 0.15) is 37.5 Å². The van der Waals surface area contributed by atoms with Gasteiger partial charge >= 0.3 is 12.3 Å². The number of hydrogen-bond donors (Lipinski definition) is 2. The van der Waals surface area contributed by atoms with Crippen molar-refractivity contribution in [2.75, 3.05) is 29.9 Å². The van der Waals surface area contributed by atoms with E-state index in [1.165, 1.54) is 6.33 Å². The smallest absolute Gasteiger partial charge is 0.416 e.